The summed E-state index contributed by atoms with van der Waals surface area (Å²) in [6.45, 7) is 6.33. The van der Waals surface area contributed by atoms with Gasteiger partial charge >= 0.3 is 5.51 Å². The van der Waals surface area contributed by atoms with Crippen LogP contribution in [0.4, 0.5) is 13.2 Å². The van der Waals surface area contributed by atoms with E-state index in [-0.39, 0.29) is 16.7 Å². The lowest BCUT2D eigenvalue weighted by molar-refractivity contribution is -0.0328. The highest BCUT2D eigenvalue weighted by molar-refractivity contribution is 8.00. The normalized spacial score (nSPS) is 13.3. The van der Waals surface area contributed by atoms with Crippen molar-refractivity contribution in [1.82, 2.24) is 5.32 Å². The molecule has 0 amide bonds. The number of benzene rings is 1. The molecule has 0 fully saturated rings. The molecule has 0 aliphatic rings. The Hall–Kier alpha value is -0.940. The van der Waals surface area contributed by atoms with Crippen LogP contribution in [-0.4, -0.2) is 11.6 Å². The van der Waals surface area contributed by atoms with E-state index >= 15 is 0 Å². The van der Waals surface area contributed by atoms with Gasteiger partial charge in [-0.3, -0.25) is 0 Å². The van der Waals surface area contributed by atoms with Crippen molar-refractivity contribution in [2.45, 2.75) is 36.3 Å². The number of hydrogen-bond acceptors (Lipinski definition) is 2. The third-order valence-corrected chi connectivity index (χ3v) is 3.07. The lowest BCUT2D eigenvalue weighted by atomic mass is 10.2. The summed E-state index contributed by atoms with van der Waals surface area (Å²) in [6, 6.07) is 6.72. The second-order valence-electron chi connectivity index (χ2n) is 4.00. The number of thioether (sulfide) groups is 1. The van der Waals surface area contributed by atoms with Crippen LogP contribution in [0.5, 0.6) is 0 Å². The summed E-state index contributed by atoms with van der Waals surface area (Å²) in [5.74, 6) is 0. The minimum absolute atomic E-state index is 0.0917. The van der Waals surface area contributed by atoms with Crippen LogP contribution in [0.25, 0.3) is 0 Å². The van der Waals surface area contributed by atoms with Crippen LogP contribution in [0.3, 0.4) is 0 Å². The van der Waals surface area contributed by atoms with Gasteiger partial charge in [0.25, 0.3) is 0 Å². The molecule has 100 valence electrons. The molecule has 0 saturated carbocycles. The molecule has 1 aromatic rings. The fourth-order valence-corrected chi connectivity index (χ4v) is 1.97. The van der Waals surface area contributed by atoms with Crippen molar-refractivity contribution in [2.24, 2.45) is 0 Å². The quantitative estimate of drug-likeness (QED) is 0.612. The fourth-order valence-electron chi connectivity index (χ4n) is 1.43. The van der Waals surface area contributed by atoms with Gasteiger partial charge in [0.1, 0.15) is 0 Å². The average Bonchev–Trinajstić information content (AvgIpc) is 2.26. The highest BCUT2D eigenvalue weighted by atomic mass is 32.2. The van der Waals surface area contributed by atoms with Crippen LogP contribution in [0.1, 0.15) is 18.9 Å². The zero-order chi connectivity index (χ0) is 13.6. The maximum atomic E-state index is 12.1. The Balaban J connectivity index is 2.48. The Labute approximate surface area is 109 Å². The summed E-state index contributed by atoms with van der Waals surface area (Å²) < 4.78 is 36.4. The van der Waals surface area contributed by atoms with E-state index in [1.54, 1.807) is 12.1 Å². The first-order chi connectivity index (χ1) is 8.40. The molecule has 0 bridgehead atoms. The Kier molecular flexibility index (Phi) is 5.75. The number of nitrogens with one attached hydrogen (secondary N) is 1. The summed E-state index contributed by atoms with van der Waals surface area (Å²) in [4.78, 5) is 0.213. The minimum atomic E-state index is -4.22. The Morgan fingerprint density at radius 3 is 2.44 bits per heavy atom. The summed E-state index contributed by atoms with van der Waals surface area (Å²) in [7, 11) is 0. The van der Waals surface area contributed by atoms with E-state index in [9.17, 15) is 13.2 Å². The van der Waals surface area contributed by atoms with Gasteiger partial charge in [-0.1, -0.05) is 18.2 Å². The van der Waals surface area contributed by atoms with E-state index in [0.29, 0.717) is 12.6 Å². The molecule has 0 aliphatic carbocycles. The molecule has 1 nitrogen and oxygen atoms in total. The van der Waals surface area contributed by atoms with Crippen molar-refractivity contribution < 1.29 is 13.2 Å². The zero-order valence-corrected chi connectivity index (χ0v) is 10.9. The molecule has 1 unspecified atom stereocenters. The van der Waals surface area contributed by atoms with Gasteiger partial charge in [-0.05, 0) is 42.8 Å². The van der Waals surface area contributed by atoms with Gasteiger partial charge in [0.15, 0.2) is 0 Å². The predicted octanol–water partition coefficient (Wildman–Crippen LogP) is 4.35. The first kappa shape index (κ1) is 15.1. The maximum absolute atomic E-state index is 12.1. The Morgan fingerprint density at radius 2 is 1.94 bits per heavy atom. The van der Waals surface area contributed by atoms with E-state index in [1.807, 2.05) is 13.0 Å². The molecular formula is C13H16F3NS. The predicted molar refractivity (Wildman–Crippen MR) is 69.5 cm³/mol. The standard InChI is InChI=1S/C13H16F3NS/c1-3-4-10(2)17-9-11-5-7-12(8-6-11)18-13(14,15)16/h3,5-8,10,17H,1,4,9H2,2H3. The number of halogens is 3. The zero-order valence-electron chi connectivity index (χ0n) is 10.1. The third-order valence-electron chi connectivity index (χ3n) is 2.33. The summed E-state index contributed by atoms with van der Waals surface area (Å²) in [5, 5.41) is 3.27. The van der Waals surface area contributed by atoms with Crippen molar-refractivity contribution >= 4 is 11.8 Å². The lowest BCUT2D eigenvalue weighted by Gasteiger charge is -2.12. The van der Waals surface area contributed by atoms with Crippen molar-refractivity contribution in [3.05, 3.63) is 42.5 Å². The minimum Gasteiger partial charge on any atom is -0.310 e. The van der Waals surface area contributed by atoms with E-state index in [0.717, 1.165) is 12.0 Å². The largest absolute Gasteiger partial charge is 0.446 e. The molecule has 0 radical (unpaired) electrons. The van der Waals surface area contributed by atoms with Crippen molar-refractivity contribution in [1.29, 1.82) is 0 Å². The topological polar surface area (TPSA) is 12.0 Å². The second kappa shape index (κ2) is 6.85. The van der Waals surface area contributed by atoms with Crippen LogP contribution in [0.2, 0.25) is 0 Å². The molecule has 1 N–H and O–H groups in total. The van der Waals surface area contributed by atoms with Gasteiger partial charge in [-0.15, -0.1) is 6.58 Å². The third kappa shape index (κ3) is 6.12. The molecule has 0 spiro atoms. The fraction of sp³-hybridized carbons (Fsp3) is 0.385. The maximum Gasteiger partial charge on any atom is 0.446 e. The Morgan fingerprint density at radius 1 is 1.33 bits per heavy atom. The monoisotopic (exact) mass is 275 g/mol. The van der Waals surface area contributed by atoms with Crippen molar-refractivity contribution in [3.63, 3.8) is 0 Å². The van der Waals surface area contributed by atoms with Crippen molar-refractivity contribution in [2.75, 3.05) is 0 Å². The molecule has 0 saturated heterocycles. The molecule has 1 aromatic carbocycles. The molecular weight excluding hydrogens is 259 g/mol. The highest BCUT2D eigenvalue weighted by Crippen LogP contribution is 2.36. The van der Waals surface area contributed by atoms with E-state index < -0.39 is 5.51 Å². The first-order valence-electron chi connectivity index (χ1n) is 5.59. The van der Waals surface area contributed by atoms with Crippen LogP contribution in [0, 0.1) is 0 Å². The van der Waals surface area contributed by atoms with Gasteiger partial charge in [0.05, 0.1) is 0 Å². The second-order valence-corrected chi connectivity index (χ2v) is 5.14. The number of alkyl halides is 3. The van der Waals surface area contributed by atoms with Gasteiger partial charge < -0.3 is 5.32 Å². The lowest BCUT2D eigenvalue weighted by Crippen LogP contribution is -2.24. The Bertz CT molecular complexity index is 373. The van der Waals surface area contributed by atoms with Crippen molar-refractivity contribution in [3.8, 4) is 0 Å². The summed E-state index contributed by atoms with van der Waals surface area (Å²) in [6.07, 6.45) is 2.70. The smallest absolute Gasteiger partial charge is 0.310 e. The van der Waals surface area contributed by atoms with Crippen LogP contribution in [-0.2, 0) is 6.54 Å². The van der Waals surface area contributed by atoms with Gasteiger partial charge in [-0.25, -0.2) is 0 Å². The van der Waals surface area contributed by atoms with Crippen LogP contribution < -0.4 is 5.32 Å². The molecule has 18 heavy (non-hydrogen) atoms. The van der Waals surface area contributed by atoms with Crippen LogP contribution >= 0.6 is 11.8 Å². The van der Waals surface area contributed by atoms with E-state index in [4.69, 9.17) is 0 Å². The molecule has 1 rings (SSSR count). The highest BCUT2D eigenvalue weighted by Gasteiger charge is 2.28. The molecule has 0 heterocycles. The number of hydrogen-bond donors (Lipinski definition) is 1. The molecule has 5 heteroatoms. The summed E-state index contributed by atoms with van der Waals surface area (Å²) in [5.41, 5.74) is -3.25. The molecule has 1 atom stereocenters. The van der Waals surface area contributed by atoms with E-state index in [2.05, 4.69) is 11.9 Å². The van der Waals surface area contributed by atoms with Gasteiger partial charge in [-0.2, -0.15) is 13.2 Å². The summed E-state index contributed by atoms with van der Waals surface area (Å²) >= 11 is -0.0917. The first-order valence-corrected chi connectivity index (χ1v) is 6.41. The van der Waals surface area contributed by atoms with Crippen LogP contribution in [0.15, 0.2) is 41.8 Å². The van der Waals surface area contributed by atoms with Gasteiger partial charge in [0, 0.05) is 17.5 Å². The molecule has 0 aliphatic heterocycles. The van der Waals surface area contributed by atoms with Gasteiger partial charge in [0.2, 0.25) is 0 Å². The van der Waals surface area contributed by atoms with E-state index in [1.165, 1.54) is 12.1 Å². The SMILES string of the molecule is C=CCC(C)NCc1ccc(SC(F)(F)F)cc1. The average molecular weight is 275 g/mol. The molecule has 0 aromatic heterocycles. The number of rotatable bonds is 6.